The average Bonchev–Trinajstić information content (AvgIpc) is 2.96. The number of methoxy groups -OCH3 is 1. The van der Waals surface area contributed by atoms with Gasteiger partial charge in [0.05, 0.1) is 13.7 Å². The Morgan fingerprint density at radius 3 is 1.74 bits per heavy atom. The molecule has 0 amide bonds. The van der Waals surface area contributed by atoms with Crippen LogP contribution in [-0.4, -0.2) is 26.1 Å². The van der Waals surface area contributed by atoms with Crippen molar-refractivity contribution in [3.8, 4) is 17.2 Å². The summed E-state index contributed by atoms with van der Waals surface area (Å²) in [5, 5.41) is 0. The minimum absolute atomic E-state index is 0.0365. The molecule has 4 aromatic rings. The summed E-state index contributed by atoms with van der Waals surface area (Å²) in [6.45, 7) is 1.02. The maximum Gasteiger partial charge on any atom is 0.430 e. The Labute approximate surface area is 239 Å². The molecule has 4 nitrogen and oxygen atoms in total. The van der Waals surface area contributed by atoms with Crippen LogP contribution in [0.2, 0.25) is 0 Å². The quantitative estimate of drug-likeness (QED) is 0.164. The minimum atomic E-state index is -5.82. The lowest BCUT2D eigenvalue weighted by Gasteiger charge is -2.37. The SMILES string of the molecule is COc1ccc(COC(c2ccc(OC(COc3ccc(C)cc3)c3ccccc3)cc2)(C(F)(F)F)C(F)(F)F)cc1. The van der Waals surface area contributed by atoms with Crippen LogP contribution in [-0.2, 0) is 16.9 Å². The predicted molar refractivity (Wildman–Crippen MR) is 144 cm³/mol. The zero-order valence-electron chi connectivity index (χ0n) is 22.7. The first-order valence-electron chi connectivity index (χ1n) is 12.8. The molecule has 0 aromatic heterocycles. The van der Waals surface area contributed by atoms with E-state index in [-0.39, 0.29) is 17.9 Å². The number of aryl methyl sites for hydroxylation is 1. The second kappa shape index (κ2) is 12.8. The molecule has 10 heteroatoms. The fourth-order valence-electron chi connectivity index (χ4n) is 4.25. The molecule has 0 N–H and O–H groups in total. The highest BCUT2D eigenvalue weighted by atomic mass is 19.4. The molecule has 1 unspecified atom stereocenters. The standard InChI is InChI=1S/C32H28F6O4/c1-22-8-14-27(15-9-22)40-21-29(24-6-4-3-5-7-24)42-28-18-12-25(13-19-28)30(31(33,34)35,32(36,37)38)41-20-23-10-16-26(39-2)17-11-23/h3-19,29H,20-21H2,1-2H3. The van der Waals surface area contributed by atoms with Gasteiger partial charge in [-0.25, -0.2) is 0 Å². The van der Waals surface area contributed by atoms with Gasteiger partial charge >= 0.3 is 12.4 Å². The van der Waals surface area contributed by atoms with Crippen molar-refractivity contribution >= 4 is 0 Å². The average molecular weight is 591 g/mol. The van der Waals surface area contributed by atoms with Crippen molar-refractivity contribution in [1.82, 2.24) is 0 Å². The van der Waals surface area contributed by atoms with E-state index in [9.17, 15) is 26.3 Å². The first-order valence-corrected chi connectivity index (χ1v) is 12.8. The summed E-state index contributed by atoms with van der Waals surface area (Å²) in [6.07, 6.45) is -12.4. The van der Waals surface area contributed by atoms with Crippen LogP contribution in [0.3, 0.4) is 0 Å². The Hall–Kier alpha value is -4.18. The topological polar surface area (TPSA) is 36.9 Å². The van der Waals surface area contributed by atoms with Crippen LogP contribution in [0.1, 0.15) is 28.4 Å². The molecule has 4 rings (SSSR count). The summed E-state index contributed by atoms with van der Waals surface area (Å²) in [7, 11) is 1.39. The fraction of sp³-hybridized carbons (Fsp3) is 0.250. The number of alkyl halides is 6. The van der Waals surface area contributed by atoms with Crippen LogP contribution < -0.4 is 14.2 Å². The monoisotopic (exact) mass is 590 g/mol. The van der Waals surface area contributed by atoms with E-state index in [1.54, 1.807) is 42.5 Å². The van der Waals surface area contributed by atoms with Crippen molar-refractivity contribution in [3.63, 3.8) is 0 Å². The maximum atomic E-state index is 14.3. The van der Waals surface area contributed by atoms with E-state index < -0.39 is 36.2 Å². The number of hydrogen-bond donors (Lipinski definition) is 0. The van der Waals surface area contributed by atoms with Crippen LogP contribution in [0.15, 0.2) is 103 Å². The van der Waals surface area contributed by atoms with Crippen molar-refractivity contribution in [2.45, 2.75) is 37.6 Å². The molecule has 0 aliphatic heterocycles. The third kappa shape index (κ3) is 6.99. The van der Waals surface area contributed by atoms with E-state index in [0.29, 0.717) is 29.2 Å². The highest BCUT2D eigenvalue weighted by molar-refractivity contribution is 5.35. The van der Waals surface area contributed by atoms with Gasteiger partial charge in [0.15, 0.2) is 6.10 Å². The molecular formula is C32H28F6O4. The van der Waals surface area contributed by atoms with E-state index in [4.69, 9.17) is 18.9 Å². The van der Waals surface area contributed by atoms with Crippen molar-refractivity contribution in [3.05, 3.63) is 125 Å². The number of benzene rings is 4. The summed E-state index contributed by atoms with van der Waals surface area (Å²) in [5.74, 6) is 1.02. The van der Waals surface area contributed by atoms with Gasteiger partial charge in [0.25, 0.3) is 5.60 Å². The smallest absolute Gasteiger partial charge is 0.430 e. The molecule has 0 bridgehead atoms. The number of rotatable bonds is 11. The summed E-state index contributed by atoms with van der Waals surface area (Å²) >= 11 is 0. The largest absolute Gasteiger partial charge is 0.497 e. The van der Waals surface area contributed by atoms with Gasteiger partial charge in [-0.15, -0.1) is 0 Å². The van der Waals surface area contributed by atoms with Crippen LogP contribution in [0.5, 0.6) is 17.2 Å². The lowest BCUT2D eigenvalue weighted by molar-refractivity contribution is -0.392. The molecule has 0 fully saturated rings. The van der Waals surface area contributed by atoms with E-state index in [2.05, 4.69) is 0 Å². The number of ether oxygens (including phenoxy) is 4. The molecule has 1 atom stereocenters. The van der Waals surface area contributed by atoms with Gasteiger partial charge < -0.3 is 18.9 Å². The normalized spacial score (nSPS) is 13.0. The zero-order chi connectivity index (χ0) is 30.4. The molecule has 0 spiro atoms. The molecule has 0 heterocycles. The van der Waals surface area contributed by atoms with Crippen LogP contribution in [0.25, 0.3) is 0 Å². The predicted octanol–water partition coefficient (Wildman–Crippen LogP) is 8.74. The van der Waals surface area contributed by atoms with Gasteiger partial charge in [-0.1, -0.05) is 72.3 Å². The van der Waals surface area contributed by atoms with E-state index in [1.165, 1.54) is 31.4 Å². The van der Waals surface area contributed by atoms with E-state index in [1.807, 2.05) is 19.1 Å². The molecule has 222 valence electrons. The maximum absolute atomic E-state index is 14.3. The molecule has 42 heavy (non-hydrogen) atoms. The molecular weight excluding hydrogens is 562 g/mol. The van der Waals surface area contributed by atoms with Gasteiger partial charge in [0, 0.05) is 5.56 Å². The summed E-state index contributed by atoms with van der Waals surface area (Å²) in [4.78, 5) is 0. The van der Waals surface area contributed by atoms with Crippen molar-refractivity contribution in [2.24, 2.45) is 0 Å². The third-order valence-electron chi connectivity index (χ3n) is 6.55. The van der Waals surface area contributed by atoms with Crippen LogP contribution in [0.4, 0.5) is 26.3 Å². The Balaban J connectivity index is 1.60. The fourth-order valence-corrected chi connectivity index (χ4v) is 4.25. The van der Waals surface area contributed by atoms with Crippen LogP contribution in [0, 0.1) is 6.92 Å². The van der Waals surface area contributed by atoms with Gasteiger partial charge in [-0.05, 0) is 54.4 Å². The molecule has 0 radical (unpaired) electrons. The van der Waals surface area contributed by atoms with Crippen molar-refractivity contribution in [2.75, 3.05) is 13.7 Å². The Kier molecular flexibility index (Phi) is 9.36. The molecule has 0 aliphatic rings. The van der Waals surface area contributed by atoms with Gasteiger partial charge in [-0.2, -0.15) is 26.3 Å². The van der Waals surface area contributed by atoms with Crippen LogP contribution >= 0.6 is 0 Å². The highest BCUT2D eigenvalue weighted by Gasteiger charge is 2.73. The number of halogens is 6. The van der Waals surface area contributed by atoms with Gasteiger partial charge in [-0.3, -0.25) is 0 Å². The first kappa shape index (κ1) is 30.8. The minimum Gasteiger partial charge on any atom is -0.497 e. The van der Waals surface area contributed by atoms with Crippen molar-refractivity contribution < 1.29 is 45.3 Å². The molecule has 4 aromatic carbocycles. The lowest BCUT2D eigenvalue weighted by Crippen LogP contribution is -2.55. The highest BCUT2D eigenvalue weighted by Crippen LogP contribution is 2.53. The Bertz CT molecular complexity index is 1390. The van der Waals surface area contributed by atoms with E-state index in [0.717, 1.165) is 17.7 Å². The van der Waals surface area contributed by atoms with Gasteiger partial charge in [0.1, 0.15) is 23.9 Å². The second-order valence-electron chi connectivity index (χ2n) is 9.48. The van der Waals surface area contributed by atoms with E-state index >= 15 is 0 Å². The molecule has 0 aliphatic carbocycles. The third-order valence-corrected chi connectivity index (χ3v) is 6.55. The Morgan fingerprint density at radius 2 is 1.19 bits per heavy atom. The molecule has 0 saturated carbocycles. The molecule has 0 saturated heterocycles. The Morgan fingerprint density at radius 1 is 0.643 bits per heavy atom. The second-order valence-corrected chi connectivity index (χ2v) is 9.48. The lowest BCUT2D eigenvalue weighted by atomic mass is 9.91. The number of hydrogen-bond acceptors (Lipinski definition) is 4. The summed E-state index contributed by atoms with van der Waals surface area (Å²) in [6, 6.07) is 25.3. The first-order chi connectivity index (χ1) is 19.9. The summed E-state index contributed by atoms with van der Waals surface area (Å²) in [5.41, 5.74) is -3.86. The zero-order valence-corrected chi connectivity index (χ0v) is 22.7. The summed E-state index contributed by atoms with van der Waals surface area (Å²) < 4.78 is 107. The van der Waals surface area contributed by atoms with Crippen molar-refractivity contribution in [1.29, 1.82) is 0 Å². The van der Waals surface area contributed by atoms with Gasteiger partial charge in [0.2, 0.25) is 0 Å².